The second-order valence-corrected chi connectivity index (χ2v) is 5.00. The highest BCUT2D eigenvalue weighted by molar-refractivity contribution is 5.94. The van der Waals surface area contributed by atoms with E-state index in [0.717, 1.165) is 31.7 Å². The highest BCUT2D eigenvalue weighted by Crippen LogP contribution is 2.24. The van der Waals surface area contributed by atoms with Gasteiger partial charge in [0.2, 0.25) is 6.17 Å². The molecule has 1 fully saturated rings. The van der Waals surface area contributed by atoms with Crippen LogP contribution in [0.1, 0.15) is 22.1 Å². The number of amides is 1. The fraction of sp³-hybridized carbons (Fsp3) is 0.462. The fourth-order valence-electron chi connectivity index (χ4n) is 2.29. The molecule has 1 saturated heterocycles. The third-order valence-corrected chi connectivity index (χ3v) is 3.61. The van der Waals surface area contributed by atoms with Gasteiger partial charge in [-0.15, -0.1) is 10.2 Å². The Morgan fingerprint density at radius 2 is 1.65 bits per heavy atom. The first kappa shape index (κ1) is 12.9. The molecular weight excluding hydrogens is 256 g/mol. The van der Waals surface area contributed by atoms with Gasteiger partial charge in [0, 0.05) is 37.3 Å². The van der Waals surface area contributed by atoms with Crippen molar-refractivity contribution in [3.05, 3.63) is 35.4 Å². The molecule has 0 saturated carbocycles. The lowest BCUT2D eigenvalue weighted by Gasteiger charge is -2.32. The summed E-state index contributed by atoms with van der Waals surface area (Å²) in [5, 5.41) is 14.7. The van der Waals surface area contributed by atoms with Gasteiger partial charge < -0.3 is 9.80 Å². The van der Waals surface area contributed by atoms with E-state index in [2.05, 4.69) is 32.6 Å². The maximum absolute atomic E-state index is 12.4. The molecule has 0 bridgehead atoms. The molecule has 0 spiro atoms. The SMILES string of the molecule is CN1CCN(C(=O)c2ccc(C3N=NN=N3)cc2)CC1. The zero-order chi connectivity index (χ0) is 13.9. The Labute approximate surface area is 117 Å². The number of piperazine rings is 1. The topological polar surface area (TPSA) is 73.0 Å². The van der Waals surface area contributed by atoms with Crippen molar-refractivity contribution in [2.75, 3.05) is 33.2 Å². The molecule has 1 aromatic carbocycles. The molecule has 0 N–H and O–H groups in total. The number of rotatable bonds is 2. The molecule has 0 aliphatic carbocycles. The second-order valence-electron chi connectivity index (χ2n) is 5.00. The molecule has 0 atom stereocenters. The van der Waals surface area contributed by atoms with Crippen LogP contribution in [0.15, 0.2) is 44.9 Å². The van der Waals surface area contributed by atoms with Crippen LogP contribution in [0.4, 0.5) is 0 Å². The maximum atomic E-state index is 12.4. The molecule has 1 aromatic rings. The number of carbonyl (C=O) groups is 1. The fourth-order valence-corrected chi connectivity index (χ4v) is 2.29. The molecule has 2 heterocycles. The van der Waals surface area contributed by atoms with Gasteiger partial charge in [0.25, 0.3) is 5.91 Å². The van der Waals surface area contributed by atoms with E-state index in [-0.39, 0.29) is 12.1 Å². The Balaban J connectivity index is 1.69. The molecule has 0 aromatic heterocycles. The number of carbonyl (C=O) groups excluding carboxylic acids is 1. The standard InChI is InChI=1S/C13H16N6O/c1-18-6-8-19(9-7-18)13(20)11-4-2-10(3-5-11)12-14-16-17-15-12/h2-5,12H,6-9H2,1H3. The summed E-state index contributed by atoms with van der Waals surface area (Å²) < 4.78 is 0. The Morgan fingerprint density at radius 3 is 2.25 bits per heavy atom. The normalized spacial score (nSPS) is 19.8. The average Bonchev–Trinajstić information content (AvgIpc) is 3.02. The first-order valence-corrected chi connectivity index (χ1v) is 6.62. The molecule has 0 unspecified atom stereocenters. The van der Waals surface area contributed by atoms with Gasteiger partial charge in [-0.2, -0.15) is 0 Å². The molecule has 7 heteroatoms. The van der Waals surface area contributed by atoms with Crippen LogP contribution in [-0.4, -0.2) is 48.9 Å². The molecule has 2 aliphatic heterocycles. The Hall–Kier alpha value is -2.15. The van der Waals surface area contributed by atoms with Gasteiger partial charge in [-0.05, 0) is 29.6 Å². The molecule has 7 nitrogen and oxygen atoms in total. The first-order valence-electron chi connectivity index (χ1n) is 6.62. The minimum absolute atomic E-state index is 0.0827. The summed E-state index contributed by atoms with van der Waals surface area (Å²) in [6.07, 6.45) is -0.359. The van der Waals surface area contributed by atoms with Crippen LogP contribution in [0.5, 0.6) is 0 Å². The average molecular weight is 272 g/mol. The summed E-state index contributed by atoms with van der Waals surface area (Å²) in [7, 11) is 2.07. The Kier molecular flexibility index (Phi) is 3.51. The van der Waals surface area contributed by atoms with Crippen molar-refractivity contribution in [1.82, 2.24) is 9.80 Å². The number of likely N-dealkylation sites (N-methyl/N-ethyl adjacent to an activating group) is 1. The van der Waals surface area contributed by atoms with Crippen molar-refractivity contribution < 1.29 is 4.79 Å². The van der Waals surface area contributed by atoms with Crippen molar-refractivity contribution in [2.45, 2.75) is 6.17 Å². The zero-order valence-electron chi connectivity index (χ0n) is 11.3. The smallest absolute Gasteiger partial charge is 0.253 e. The third kappa shape index (κ3) is 2.57. The maximum Gasteiger partial charge on any atom is 0.253 e. The van der Waals surface area contributed by atoms with Gasteiger partial charge >= 0.3 is 0 Å². The number of hydrogen-bond acceptors (Lipinski definition) is 6. The van der Waals surface area contributed by atoms with E-state index in [1.54, 1.807) is 0 Å². The van der Waals surface area contributed by atoms with Crippen LogP contribution in [0.3, 0.4) is 0 Å². The number of nitrogens with zero attached hydrogens (tertiary/aromatic N) is 6. The van der Waals surface area contributed by atoms with Crippen LogP contribution in [0.2, 0.25) is 0 Å². The van der Waals surface area contributed by atoms with Gasteiger partial charge in [-0.3, -0.25) is 4.79 Å². The van der Waals surface area contributed by atoms with Gasteiger partial charge in [0.1, 0.15) is 0 Å². The summed E-state index contributed by atoms with van der Waals surface area (Å²) >= 11 is 0. The number of benzene rings is 1. The highest BCUT2D eigenvalue weighted by Gasteiger charge is 2.21. The molecular formula is C13H16N6O. The molecule has 1 amide bonds. The number of hydrogen-bond donors (Lipinski definition) is 0. The quantitative estimate of drug-likeness (QED) is 0.824. The summed E-state index contributed by atoms with van der Waals surface area (Å²) in [5.74, 6) is 0.0827. The Bertz CT molecular complexity index is 532. The highest BCUT2D eigenvalue weighted by atomic mass is 16.2. The molecule has 0 radical (unpaired) electrons. The second kappa shape index (κ2) is 5.46. The zero-order valence-corrected chi connectivity index (χ0v) is 11.3. The summed E-state index contributed by atoms with van der Waals surface area (Å²) in [6, 6.07) is 7.35. The van der Waals surface area contributed by atoms with Crippen LogP contribution >= 0.6 is 0 Å². The van der Waals surface area contributed by atoms with E-state index in [0.29, 0.717) is 5.56 Å². The van der Waals surface area contributed by atoms with Crippen molar-refractivity contribution in [3.8, 4) is 0 Å². The largest absolute Gasteiger partial charge is 0.336 e. The van der Waals surface area contributed by atoms with Gasteiger partial charge in [0.05, 0.1) is 0 Å². The lowest BCUT2D eigenvalue weighted by molar-refractivity contribution is 0.0664. The Morgan fingerprint density at radius 1 is 1.05 bits per heavy atom. The van der Waals surface area contributed by atoms with E-state index in [1.807, 2.05) is 29.2 Å². The molecule has 20 heavy (non-hydrogen) atoms. The van der Waals surface area contributed by atoms with E-state index < -0.39 is 0 Å². The van der Waals surface area contributed by atoms with Crippen molar-refractivity contribution in [2.24, 2.45) is 20.7 Å². The van der Waals surface area contributed by atoms with Crippen LogP contribution < -0.4 is 0 Å². The lowest BCUT2D eigenvalue weighted by atomic mass is 10.1. The summed E-state index contributed by atoms with van der Waals surface area (Å²) in [5.41, 5.74) is 1.59. The van der Waals surface area contributed by atoms with Crippen LogP contribution in [0, 0.1) is 0 Å². The predicted octanol–water partition coefficient (Wildman–Crippen LogP) is 1.91. The van der Waals surface area contributed by atoms with Crippen molar-refractivity contribution >= 4 is 5.91 Å². The molecule has 104 valence electrons. The van der Waals surface area contributed by atoms with E-state index in [4.69, 9.17) is 0 Å². The minimum atomic E-state index is -0.359. The molecule has 3 rings (SSSR count). The minimum Gasteiger partial charge on any atom is -0.336 e. The van der Waals surface area contributed by atoms with Crippen molar-refractivity contribution in [3.63, 3.8) is 0 Å². The van der Waals surface area contributed by atoms with Gasteiger partial charge in [0.15, 0.2) is 0 Å². The lowest BCUT2D eigenvalue weighted by Crippen LogP contribution is -2.47. The first-order chi connectivity index (χ1) is 9.74. The van der Waals surface area contributed by atoms with E-state index >= 15 is 0 Å². The molecule has 2 aliphatic rings. The van der Waals surface area contributed by atoms with E-state index in [1.165, 1.54) is 0 Å². The van der Waals surface area contributed by atoms with Crippen molar-refractivity contribution in [1.29, 1.82) is 0 Å². The van der Waals surface area contributed by atoms with Crippen LogP contribution in [-0.2, 0) is 0 Å². The van der Waals surface area contributed by atoms with Gasteiger partial charge in [-0.25, -0.2) is 0 Å². The predicted molar refractivity (Wildman–Crippen MR) is 72.3 cm³/mol. The van der Waals surface area contributed by atoms with Gasteiger partial charge in [-0.1, -0.05) is 12.1 Å². The van der Waals surface area contributed by atoms with Crippen LogP contribution in [0.25, 0.3) is 0 Å². The van der Waals surface area contributed by atoms with E-state index in [9.17, 15) is 4.79 Å². The third-order valence-electron chi connectivity index (χ3n) is 3.61. The summed E-state index contributed by atoms with van der Waals surface area (Å²) in [6.45, 7) is 3.41. The summed E-state index contributed by atoms with van der Waals surface area (Å²) in [4.78, 5) is 16.5. The monoisotopic (exact) mass is 272 g/mol.